The Labute approximate surface area is 142 Å². The number of hydrogen-bond acceptors (Lipinski definition) is 4. The van der Waals surface area contributed by atoms with Crippen molar-refractivity contribution in [2.45, 2.75) is 13.8 Å². The van der Waals surface area contributed by atoms with E-state index in [-0.39, 0.29) is 22.4 Å². The number of aryl methyl sites for hydroxylation is 2. The van der Waals surface area contributed by atoms with Crippen molar-refractivity contribution in [3.05, 3.63) is 75.6 Å². The fourth-order valence-electron chi connectivity index (χ4n) is 2.95. The lowest BCUT2D eigenvalue weighted by atomic mass is 10.1. The summed E-state index contributed by atoms with van der Waals surface area (Å²) >= 11 is 0. The van der Waals surface area contributed by atoms with E-state index >= 15 is 0 Å². The molecule has 0 radical (unpaired) electrons. The Morgan fingerprint density at radius 3 is 2.40 bits per heavy atom. The van der Waals surface area contributed by atoms with E-state index in [1.54, 1.807) is 24.3 Å². The van der Waals surface area contributed by atoms with Gasteiger partial charge in [-0.25, -0.2) is 0 Å². The van der Waals surface area contributed by atoms with Gasteiger partial charge in [0.25, 0.3) is 5.91 Å². The van der Waals surface area contributed by atoms with Gasteiger partial charge in [-0.1, -0.05) is 18.2 Å². The van der Waals surface area contributed by atoms with Crippen LogP contribution in [0.3, 0.4) is 0 Å². The van der Waals surface area contributed by atoms with Crippen LogP contribution in [0.4, 0.5) is 5.69 Å². The molecule has 0 saturated carbocycles. The van der Waals surface area contributed by atoms with Gasteiger partial charge >= 0.3 is 5.78 Å². The van der Waals surface area contributed by atoms with Crippen molar-refractivity contribution in [3.8, 4) is 0 Å². The monoisotopic (exact) mass is 333 g/mol. The fourth-order valence-corrected chi connectivity index (χ4v) is 2.95. The van der Waals surface area contributed by atoms with Crippen LogP contribution < -0.4 is 10.7 Å². The minimum absolute atomic E-state index is 0.0327. The first kappa shape index (κ1) is 15.2. The molecule has 25 heavy (non-hydrogen) atoms. The molecule has 0 aliphatic carbocycles. The third-order valence-corrected chi connectivity index (χ3v) is 3.98. The van der Waals surface area contributed by atoms with Crippen molar-refractivity contribution in [1.29, 1.82) is 0 Å². The van der Waals surface area contributed by atoms with Crippen LogP contribution in [0.1, 0.15) is 21.7 Å². The number of anilines is 1. The molecule has 2 aromatic carbocycles. The molecule has 0 saturated heterocycles. The summed E-state index contributed by atoms with van der Waals surface area (Å²) < 4.78 is 11.1. The predicted molar refractivity (Wildman–Crippen MR) is 96.1 cm³/mol. The molecule has 0 aliphatic rings. The van der Waals surface area contributed by atoms with Crippen molar-refractivity contribution in [1.82, 2.24) is 0 Å². The summed E-state index contributed by atoms with van der Waals surface area (Å²) in [4.78, 5) is 25.0. The maximum Gasteiger partial charge on any atom is 0.302 e. The van der Waals surface area contributed by atoms with Crippen molar-refractivity contribution in [2.75, 3.05) is 5.32 Å². The lowest BCUT2D eigenvalue weighted by Crippen LogP contribution is -2.11. The molecular weight excluding hydrogens is 318 g/mol. The number of carbonyl (C=O) groups excluding carboxylic acids is 1. The maximum atomic E-state index is 12.5. The largest absolute Gasteiger partial charge is 0.425 e. The van der Waals surface area contributed by atoms with E-state index in [0.29, 0.717) is 16.7 Å². The van der Waals surface area contributed by atoms with Crippen LogP contribution in [-0.4, -0.2) is 5.91 Å². The van der Waals surface area contributed by atoms with Gasteiger partial charge in [0, 0.05) is 11.8 Å². The summed E-state index contributed by atoms with van der Waals surface area (Å²) in [6, 6.07) is 14.1. The van der Waals surface area contributed by atoms with Crippen molar-refractivity contribution >= 4 is 33.7 Å². The number of rotatable bonds is 2. The molecule has 5 heteroatoms. The van der Waals surface area contributed by atoms with Crippen molar-refractivity contribution in [3.63, 3.8) is 0 Å². The molecule has 4 aromatic rings. The molecule has 2 heterocycles. The molecule has 4 rings (SSSR count). The summed E-state index contributed by atoms with van der Waals surface area (Å²) in [6.45, 7) is 3.91. The van der Waals surface area contributed by atoms with Gasteiger partial charge in [-0.2, -0.15) is 0 Å². The zero-order chi connectivity index (χ0) is 17.6. The number of furan rings is 1. The van der Waals surface area contributed by atoms with E-state index in [9.17, 15) is 9.59 Å². The van der Waals surface area contributed by atoms with Crippen LogP contribution in [0.5, 0.6) is 0 Å². The Morgan fingerprint density at radius 2 is 1.64 bits per heavy atom. The molecule has 124 valence electrons. The van der Waals surface area contributed by atoms with Gasteiger partial charge in [0.15, 0.2) is 5.76 Å². The molecule has 0 aliphatic heterocycles. The second-order valence-corrected chi connectivity index (χ2v) is 6.07. The van der Waals surface area contributed by atoms with Gasteiger partial charge < -0.3 is 14.2 Å². The molecule has 0 spiro atoms. The number of nitrogens with one attached hydrogen (secondary N) is 1. The molecule has 0 bridgehead atoms. The van der Waals surface area contributed by atoms with E-state index < -0.39 is 5.91 Å². The van der Waals surface area contributed by atoms with Crippen LogP contribution in [0, 0.1) is 13.8 Å². The Bertz CT molecular complexity index is 1160. The first-order chi connectivity index (χ1) is 12.0. The molecule has 1 amide bonds. The summed E-state index contributed by atoms with van der Waals surface area (Å²) in [5, 5.41) is 3.50. The molecule has 5 nitrogen and oxygen atoms in total. The van der Waals surface area contributed by atoms with E-state index in [0.717, 1.165) is 11.1 Å². The standard InChI is InChI=1S/C20H15NO4/c1-11-7-12(2)9-13(8-11)21-19(23)17-10-15-18(22)14-5-3-4-6-16(14)24-20(15)25-17/h3-10H,1-2H3,(H,21,23). The normalized spacial score (nSPS) is 11.1. The number of hydrogen-bond donors (Lipinski definition) is 1. The van der Waals surface area contributed by atoms with Crippen LogP contribution >= 0.6 is 0 Å². The smallest absolute Gasteiger partial charge is 0.302 e. The molecule has 2 aromatic heterocycles. The Morgan fingerprint density at radius 1 is 0.920 bits per heavy atom. The van der Waals surface area contributed by atoms with Gasteiger partial charge in [0.05, 0.1) is 5.39 Å². The first-order valence-electron chi connectivity index (χ1n) is 7.86. The van der Waals surface area contributed by atoms with Gasteiger partial charge in [0.2, 0.25) is 5.43 Å². The van der Waals surface area contributed by atoms with Gasteiger partial charge in [-0.15, -0.1) is 0 Å². The summed E-state index contributed by atoms with van der Waals surface area (Å²) in [6.07, 6.45) is 0. The Hall–Kier alpha value is -3.34. The summed E-state index contributed by atoms with van der Waals surface area (Å²) in [5.41, 5.74) is 2.97. The third-order valence-electron chi connectivity index (χ3n) is 3.98. The zero-order valence-corrected chi connectivity index (χ0v) is 13.8. The SMILES string of the molecule is Cc1cc(C)cc(NC(=O)c2cc3c(=O)c4ccccc4oc3o2)c1. The Balaban J connectivity index is 1.76. The second kappa shape index (κ2) is 5.63. The highest BCUT2D eigenvalue weighted by atomic mass is 16.5. The first-order valence-corrected chi connectivity index (χ1v) is 7.86. The zero-order valence-electron chi connectivity index (χ0n) is 13.8. The maximum absolute atomic E-state index is 12.5. The van der Waals surface area contributed by atoms with Gasteiger partial charge in [-0.05, 0) is 49.2 Å². The number of para-hydroxylation sites is 1. The van der Waals surface area contributed by atoms with E-state index in [1.807, 2.05) is 32.0 Å². The van der Waals surface area contributed by atoms with Gasteiger partial charge in [0.1, 0.15) is 11.0 Å². The highest BCUT2D eigenvalue weighted by Crippen LogP contribution is 2.23. The molecule has 0 fully saturated rings. The average molecular weight is 333 g/mol. The van der Waals surface area contributed by atoms with Crippen molar-refractivity contribution < 1.29 is 13.6 Å². The minimum atomic E-state index is -0.431. The number of benzene rings is 2. The number of fused-ring (bicyclic) bond motifs is 2. The Kier molecular flexibility index (Phi) is 3.42. The highest BCUT2D eigenvalue weighted by Gasteiger charge is 2.17. The molecule has 0 atom stereocenters. The van der Waals surface area contributed by atoms with Crippen LogP contribution in [0.15, 0.2) is 62.2 Å². The van der Waals surface area contributed by atoms with Gasteiger partial charge in [-0.3, -0.25) is 9.59 Å². The third kappa shape index (κ3) is 2.70. The summed E-state index contributed by atoms with van der Waals surface area (Å²) in [5.74, 6) is -0.348. The molecule has 0 unspecified atom stereocenters. The predicted octanol–water partition coefficient (Wildman–Crippen LogP) is 4.41. The number of amides is 1. The van der Waals surface area contributed by atoms with Crippen LogP contribution in [0.2, 0.25) is 0 Å². The fraction of sp³-hybridized carbons (Fsp3) is 0.100. The summed E-state index contributed by atoms with van der Waals surface area (Å²) in [7, 11) is 0. The quantitative estimate of drug-likeness (QED) is 0.590. The molecular formula is C20H15NO4. The van der Waals surface area contributed by atoms with Crippen molar-refractivity contribution in [2.24, 2.45) is 0 Å². The minimum Gasteiger partial charge on any atom is -0.425 e. The number of carbonyl (C=O) groups is 1. The van der Waals surface area contributed by atoms with Crippen LogP contribution in [-0.2, 0) is 0 Å². The lowest BCUT2D eigenvalue weighted by Gasteiger charge is -2.05. The van der Waals surface area contributed by atoms with E-state index in [2.05, 4.69) is 5.32 Å². The van der Waals surface area contributed by atoms with Crippen LogP contribution in [0.25, 0.3) is 22.1 Å². The lowest BCUT2D eigenvalue weighted by molar-refractivity contribution is 0.0997. The topological polar surface area (TPSA) is 72.5 Å². The highest BCUT2D eigenvalue weighted by molar-refractivity contribution is 6.04. The van der Waals surface area contributed by atoms with E-state index in [4.69, 9.17) is 8.83 Å². The molecule has 1 N–H and O–H groups in total. The second-order valence-electron chi connectivity index (χ2n) is 6.07. The average Bonchev–Trinajstić information content (AvgIpc) is 2.98. The van der Waals surface area contributed by atoms with E-state index in [1.165, 1.54) is 6.07 Å².